The van der Waals surface area contributed by atoms with Crippen LogP contribution in [-0.4, -0.2) is 33.9 Å². The molecule has 2 aromatic rings. The molecular weight excluding hydrogens is 364 g/mol. The second-order valence-electron chi connectivity index (χ2n) is 6.52. The standard InChI is InChI=1S/C21H28N2O3.ClH/c1-24-17-7-4-6-15(12-17)21-19(8-5-11-22-21)23-14-16-13-18(25-2)9-10-20(16)26-3;/h4,6-7,9-10,12-13,19,21-23H,5,8,11,14H2,1-3H3;1H/t19-,21-;/m0./s1. The van der Waals surface area contributed by atoms with E-state index in [2.05, 4.69) is 22.8 Å². The summed E-state index contributed by atoms with van der Waals surface area (Å²) in [6.45, 7) is 1.76. The molecule has 0 spiro atoms. The Kier molecular flexibility index (Phi) is 8.23. The molecule has 0 saturated carbocycles. The lowest BCUT2D eigenvalue weighted by atomic mass is 9.92. The zero-order valence-corrected chi connectivity index (χ0v) is 17.0. The predicted molar refractivity (Wildman–Crippen MR) is 110 cm³/mol. The van der Waals surface area contributed by atoms with Crippen molar-refractivity contribution < 1.29 is 14.2 Å². The number of piperidine rings is 1. The molecule has 0 bridgehead atoms. The number of hydrogen-bond acceptors (Lipinski definition) is 5. The van der Waals surface area contributed by atoms with Crippen molar-refractivity contribution in [3.8, 4) is 17.2 Å². The summed E-state index contributed by atoms with van der Waals surface area (Å²) in [5.74, 6) is 2.61. The molecule has 1 aliphatic rings. The third-order valence-corrected chi connectivity index (χ3v) is 4.95. The first kappa shape index (κ1) is 21.4. The van der Waals surface area contributed by atoms with Crippen LogP contribution in [0.2, 0.25) is 0 Å². The molecule has 5 nitrogen and oxygen atoms in total. The van der Waals surface area contributed by atoms with Crippen molar-refractivity contribution in [3.63, 3.8) is 0 Å². The van der Waals surface area contributed by atoms with Gasteiger partial charge in [0.15, 0.2) is 0 Å². The maximum Gasteiger partial charge on any atom is 0.123 e. The molecular formula is C21H29ClN2O3. The maximum absolute atomic E-state index is 5.50. The van der Waals surface area contributed by atoms with Gasteiger partial charge >= 0.3 is 0 Å². The zero-order valence-electron chi connectivity index (χ0n) is 16.2. The molecule has 1 aliphatic heterocycles. The van der Waals surface area contributed by atoms with Gasteiger partial charge in [-0.15, -0.1) is 12.4 Å². The maximum atomic E-state index is 5.50. The fourth-order valence-corrected chi connectivity index (χ4v) is 3.55. The number of hydrogen-bond donors (Lipinski definition) is 2. The van der Waals surface area contributed by atoms with Crippen LogP contribution in [0.4, 0.5) is 0 Å². The normalized spacial score (nSPS) is 19.1. The Bertz CT molecular complexity index is 726. The molecule has 148 valence electrons. The van der Waals surface area contributed by atoms with Crippen LogP contribution in [0, 0.1) is 0 Å². The molecule has 27 heavy (non-hydrogen) atoms. The fourth-order valence-electron chi connectivity index (χ4n) is 3.55. The molecule has 3 rings (SSSR count). The molecule has 2 N–H and O–H groups in total. The molecule has 1 heterocycles. The lowest BCUT2D eigenvalue weighted by Gasteiger charge is -2.34. The number of methoxy groups -OCH3 is 3. The van der Waals surface area contributed by atoms with Crippen LogP contribution in [0.25, 0.3) is 0 Å². The van der Waals surface area contributed by atoms with E-state index in [0.29, 0.717) is 6.04 Å². The highest BCUT2D eigenvalue weighted by Gasteiger charge is 2.26. The van der Waals surface area contributed by atoms with Gasteiger partial charge in [0.05, 0.1) is 21.3 Å². The van der Waals surface area contributed by atoms with Crippen LogP contribution in [0.5, 0.6) is 17.2 Å². The van der Waals surface area contributed by atoms with Crippen molar-refractivity contribution in [2.45, 2.75) is 31.5 Å². The minimum absolute atomic E-state index is 0. The number of rotatable bonds is 7. The van der Waals surface area contributed by atoms with Crippen LogP contribution in [0.1, 0.15) is 30.0 Å². The van der Waals surface area contributed by atoms with Crippen molar-refractivity contribution in [1.82, 2.24) is 10.6 Å². The van der Waals surface area contributed by atoms with Crippen LogP contribution >= 0.6 is 12.4 Å². The third kappa shape index (κ3) is 5.28. The Balaban J connectivity index is 0.00000261. The number of ether oxygens (including phenoxy) is 3. The topological polar surface area (TPSA) is 51.8 Å². The predicted octanol–water partition coefficient (Wildman–Crippen LogP) is 3.72. The van der Waals surface area contributed by atoms with Crippen molar-refractivity contribution in [3.05, 3.63) is 53.6 Å². The first-order valence-corrected chi connectivity index (χ1v) is 9.06. The van der Waals surface area contributed by atoms with Gasteiger partial charge in [-0.05, 0) is 55.3 Å². The quantitative estimate of drug-likeness (QED) is 0.752. The molecule has 2 atom stereocenters. The van der Waals surface area contributed by atoms with Crippen LogP contribution in [0.15, 0.2) is 42.5 Å². The summed E-state index contributed by atoms with van der Waals surface area (Å²) in [7, 11) is 5.09. The highest BCUT2D eigenvalue weighted by atomic mass is 35.5. The number of halogens is 1. The van der Waals surface area contributed by atoms with Gasteiger partial charge in [0.25, 0.3) is 0 Å². The Morgan fingerprint density at radius 2 is 1.78 bits per heavy atom. The van der Waals surface area contributed by atoms with Crippen LogP contribution in [0.3, 0.4) is 0 Å². The minimum Gasteiger partial charge on any atom is -0.497 e. The lowest BCUT2D eigenvalue weighted by Crippen LogP contribution is -2.45. The van der Waals surface area contributed by atoms with Gasteiger partial charge in [-0.3, -0.25) is 0 Å². The summed E-state index contributed by atoms with van der Waals surface area (Å²) in [6, 6.07) is 14.8. The van der Waals surface area contributed by atoms with Crippen molar-refractivity contribution in [2.24, 2.45) is 0 Å². The van der Waals surface area contributed by atoms with Crippen LogP contribution in [-0.2, 0) is 6.54 Å². The second kappa shape index (κ2) is 10.4. The number of nitrogens with one attached hydrogen (secondary N) is 2. The molecule has 0 radical (unpaired) electrons. The summed E-state index contributed by atoms with van der Waals surface area (Å²) in [4.78, 5) is 0. The van der Waals surface area contributed by atoms with Crippen molar-refractivity contribution in [1.29, 1.82) is 0 Å². The lowest BCUT2D eigenvalue weighted by molar-refractivity contribution is 0.301. The van der Waals surface area contributed by atoms with E-state index in [4.69, 9.17) is 14.2 Å². The molecule has 0 amide bonds. The van der Waals surface area contributed by atoms with Crippen molar-refractivity contribution in [2.75, 3.05) is 27.9 Å². The van der Waals surface area contributed by atoms with Gasteiger partial charge in [-0.1, -0.05) is 12.1 Å². The Labute approximate surface area is 167 Å². The molecule has 1 fully saturated rings. The van der Waals surface area contributed by atoms with Gasteiger partial charge in [0.2, 0.25) is 0 Å². The van der Waals surface area contributed by atoms with E-state index in [1.807, 2.05) is 30.3 Å². The average molecular weight is 393 g/mol. The van der Waals surface area contributed by atoms with Gasteiger partial charge in [-0.2, -0.15) is 0 Å². The van der Waals surface area contributed by atoms with Crippen molar-refractivity contribution >= 4 is 12.4 Å². The summed E-state index contributed by atoms with van der Waals surface area (Å²) in [5.41, 5.74) is 2.35. The zero-order chi connectivity index (χ0) is 18.4. The summed E-state index contributed by atoms with van der Waals surface area (Å²) < 4.78 is 16.2. The average Bonchev–Trinajstić information content (AvgIpc) is 2.72. The van der Waals surface area contributed by atoms with Gasteiger partial charge in [0.1, 0.15) is 17.2 Å². The highest BCUT2D eigenvalue weighted by molar-refractivity contribution is 5.85. The smallest absolute Gasteiger partial charge is 0.123 e. The fraction of sp³-hybridized carbons (Fsp3) is 0.429. The molecule has 6 heteroatoms. The SMILES string of the molecule is COc1cccc([C@@H]2NCCC[C@@H]2NCc2cc(OC)ccc2OC)c1.Cl. The third-order valence-electron chi connectivity index (χ3n) is 4.95. The van der Waals surface area contributed by atoms with E-state index in [1.54, 1.807) is 21.3 Å². The summed E-state index contributed by atoms with van der Waals surface area (Å²) in [5, 5.41) is 7.36. The largest absolute Gasteiger partial charge is 0.497 e. The second-order valence-corrected chi connectivity index (χ2v) is 6.52. The Morgan fingerprint density at radius 1 is 1.00 bits per heavy atom. The van der Waals surface area contributed by atoms with Gasteiger partial charge in [-0.25, -0.2) is 0 Å². The first-order valence-electron chi connectivity index (χ1n) is 9.06. The van der Waals surface area contributed by atoms with E-state index in [9.17, 15) is 0 Å². The Hall–Kier alpha value is -1.95. The molecule has 0 unspecified atom stereocenters. The van der Waals surface area contributed by atoms with E-state index < -0.39 is 0 Å². The summed E-state index contributed by atoms with van der Waals surface area (Å²) >= 11 is 0. The number of benzene rings is 2. The van der Waals surface area contributed by atoms with Gasteiger partial charge in [0, 0.05) is 24.2 Å². The highest BCUT2D eigenvalue weighted by Crippen LogP contribution is 2.28. The first-order chi connectivity index (χ1) is 12.7. The molecule has 1 saturated heterocycles. The van der Waals surface area contributed by atoms with E-state index in [1.165, 1.54) is 5.56 Å². The van der Waals surface area contributed by atoms with Crippen LogP contribution < -0.4 is 24.8 Å². The monoisotopic (exact) mass is 392 g/mol. The minimum atomic E-state index is 0. The van der Waals surface area contributed by atoms with Gasteiger partial charge < -0.3 is 24.8 Å². The Morgan fingerprint density at radius 3 is 2.52 bits per heavy atom. The van der Waals surface area contributed by atoms with E-state index in [-0.39, 0.29) is 18.4 Å². The molecule has 2 aromatic carbocycles. The van der Waals surface area contributed by atoms with E-state index >= 15 is 0 Å². The summed E-state index contributed by atoms with van der Waals surface area (Å²) in [6.07, 6.45) is 2.29. The van der Waals surface area contributed by atoms with E-state index in [0.717, 1.165) is 48.7 Å². The molecule has 0 aromatic heterocycles. The molecule has 0 aliphatic carbocycles.